The van der Waals surface area contributed by atoms with Crippen molar-refractivity contribution in [3.63, 3.8) is 0 Å². The van der Waals surface area contributed by atoms with Gasteiger partial charge in [-0.1, -0.05) is 26.2 Å². The summed E-state index contributed by atoms with van der Waals surface area (Å²) < 4.78 is 0. The van der Waals surface area contributed by atoms with Crippen molar-refractivity contribution in [1.29, 1.82) is 0 Å². The molecule has 0 heterocycles. The van der Waals surface area contributed by atoms with Gasteiger partial charge in [0.2, 0.25) is 0 Å². The molecule has 2 atom stereocenters. The lowest BCUT2D eigenvalue weighted by Crippen LogP contribution is -2.43. The van der Waals surface area contributed by atoms with Crippen molar-refractivity contribution in [2.75, 3.05) is 14.1 Å². The van der Waals surface area contributed by atoms with Crippen molar-refractivity contribution in [2.45, 2.75) is 44.7 Å². The maximum Gasteiger partial charge on any atom is 0.0218 e. The molecule has 0 aromatic carbocycles. The standard InChI is InChI=1S/C10H23N2.2ClH/c1-5-6-7-8-10(12-4)9(2)11-3;;/h9-12H,2,5-8H2,1,3-4H3;2*1H. The van der Waals surface area contributed by atoms with Crippen molar-refractivity contribution < 1.29 is 0 Å². The van der Waals surface area contributed by atoms with E-state index >= 15 is 0 Å². The lowest BCUT2D eigenvalue weighted by atomic mass is 10.0. The Labute approximate surface area is 101 Å². The fourth-order valence-electron chi connectivity index (χ4n) is 1.36. The number of halogens is 2. The molecule has 0 amide bonds. The van der Waals surface area contributed by atoms with E-state index in [0.717, 1.165) is 0 Å². The summed E-state index contributed by atoms with van der Waals surface area (Å²) in [6, 6.07) is 0.841. The molecule has 0 aromatic rings. The number of unbranched alkanes of at least 4 members (excludes halogenated alkanes) is 2. The van der Waals surface area contributed by atoms with Crippen LogP contribution in [0.1, 0.15) is 32.6 Å². The average Bonchev–Trinajstić information content (AvgIpc) is 2.11. The van der Waals surface area contributed by atoms with E-state index in [0.29, 0.717) is 12.1 Å². The molecule has 0 fully saturated rings. The van der Waals surface area contributed by atoms with Crippen LogP contribution in [0.25, 0.3) is 0 Å². The third-order valence-corrected chi connectivity index (χ3v) is 2.35. The minimum atomic E-state index is 0. The van der Waals surface area contributed by atoms with Gasteiger partial charge in [0.15, 0.2) is 0 Å². The maximum atomic E-state index is 4.03. The van der Waals surface area contributed by atoms with Crippen molar-refractivity contribution in [2.24, 2.45) is 0 Å². The molecular formula is C10H25Cl2N2. The van der Waals surface area contributed by atoms with Crippen LogP contribution in [0.4, 0.5) is 0 Å². The Bertz CT molecular complexity index is 102. The molecule has 2 nitrogen and oxygen atoms in total. The van der Waals surface area contributed by atoms with Gasteiger partial charge < -0.3 is 10.6 Å². The van der Waals surface area contributed by atoms with Gasteiger partial charge in [0.05, 0.1) is 0 Å². The predicted molar refractivity (Wildman–Crippen MR) is 69.7 cm³/mol. The Morgan fingerprint density at radius 3 is 2.00 bits per heavy atom. The van der Waals surface area contributed by atoms with Crippen LogP contribution in [0.2, 0.25) is 0 Å². The average molecular weight is 244 g/mol. The summed E-state index contributed by atoms with van der Waals surface area (Å²) in [6.45, 7) is 6.26. The Hall–Kier alpha value is 0.500. The second kappa shape index (κ2) is 13.5. The Morgan fingerprint density at radius 2 is 1.64 bits per heavy atom. The molecule has 4 heteroatoms. The summed E-state index contributed by atoms with van der Waals surface area (Å²) in [5.74, 6) is 0. The molecule has 14 heavy (non-hydrogen) atoms. The molecule has 0 bridgehead atoms. The minimum absolute atomic E-state index is 0. The largest absolute Gasteiger partial charge is 0.315 e. The zero-order valence-electron chi connectivity index (χ0n) is 9.51. The fourth-order valence-corrected chi connectivity index (χ4v) is 1.36. The molecule has 0 saturated heterocycles. The number of rotatable bonds is 7. The van der Waals surface area contributed by atoms with Gasteiger partial charge in [-0.25, -0.2) is 0 Å². The van der Waals surface area contributed by atoms with Gasteiger partial charge in [-0.3, -0.25) is 0 Å². The van der Waals surface area contributed by atoms with Gasteiger partial charge in [-0.05, 0) is 27.4 Å². The first kappa shape index (κ1) is 20.0. The van der Waals surface area contributed by atoms with Crippen LogP contribution in [0.3, 0.4) is 0 Å². The van der Waals surface area contributed by atoms with Crippen LogP contribution < -0.4 is 10.6 Å². The highest BCUT2D eigenvalue weighted by molar-refractivity contribution is 5.85. The van der Waals surface area contributed by atoms with Gasteiger partial charge in [-0.15, -0.1) is 24.8 Å². The quantitative estimate of drug-likeness (QED) is 0.672. The van der Waals surface area contributed by atoms with Crippen LogP contribution in [0.15, 0.2) is 0 Å². The molecule has 89 valence electrons. The molecule has 0 aliphatic carbocycles. The lowest BCUT2D eigenvalue weighted by molar-refractivity contribution is 0.419. The predicted octanol–water partition coefficient (Wildman–Crippen LogP) is 2.42. The van der Waals surface area contributed by atoms with E-state index in [-0.39, 0.29) is 24.8 Å². The third-order valence-electron chi connectivity index (χ3n) is 2.35. The van der Waals surface area contributed by atoms with E-state index in [1.165, 1.54) is 25.7 Å². The second-order valence-corrected chi connectivity index (χ2v) is 3.29. The highest BCUT2D eigenvalue weighted by Gasteiger charge is 2.11. The highest BCUT2D eigenvalue weighted by atomic mass is 35.5. The van der Waals surface area contributed by atoms with Crippen molar-refractivity contribution >= 4 is 24.8 Å². The number of hydrogen-bond donors (Lipinski definition) is 2. The molecule has 0 aromatic heterocycles. The fraction of sp³-hybridized carbons (Fsp3) is 0.900. The zero-order chi connectivity index (χ0) is 9.40. The second-order valence-electron chi connectivity index (χ2n) is 3.29. The van der Waals surface area contributed by atoms with Crippen molar-refractivity contribution in [3.05, 3.63) is 6.92 Å². The molecule has 0 saturated carbocycles. The minimum Gasteiger partial charge on any atom is -0.315 e. The number of likely N-dealkylation sites (N-methyl/N-ethyl adjacent to an activating group) is 2. The van der Waals surface area contributed by atoms with Crippen LogP contribution in [0.5, 0.6) is 0 Å². The first-order valence-corrected chi connectivity index (χ1v) is 4.93. The van der Waals surface area contributed by atoms with Crippen LogP contribution in [0, 0.1) is 6.92 Å². The zero-order valence-corrected chi connectivity index (χ0v) is 11.1. The molecule has 2 unspecified atom stereocenters. The molecule has 0 aliphatic rings. The first-order chi connectivity index (χ1) is 5.76. The molecule has 2 N–H and O–H groups in total. The van der Waals surface area contributed by atoms with E-state index in [2.05, 4.69) is 24.5 Å². The normalized spacial score (nSPS) is 13.7. The Kier molecular flexibility index (Phi) is 19.3. The summed E-state index contributed by atoms with van der Waals surface area (Å²) in [5, 5.41) is 6.46. The van der Waals surface area contributed by atoms with E-state index in [1.807, 2.05) is 14.1 Å². The monoisotopic (exact) mass is 243 g/mol. The van der Waals surface area contributed by atoms with Gasteiger partial charge in [-0.2, -0.15) is 0 Å². The summed E-state index contributed by atoms with van der Waals surface area (Å²) >= 11 is 0. The highest BCUT2D eigenvalue weighted by Crippen LogP contribution is 2.05. The van der Waals surface area contributed by atoms with Crippen LogP contribution in [-0.4, -0.2) is 26.2 Å². The Morgan fingerprint density at radius 1 is 1.07 bits per heavy atom. The molecular weight excluding hydrogens is 219 g/mol. The van der Waals surface area contributed by atoms with Gasteiger partial charge in [0.25, 0.3) is 0 Å². The smallest absolute Gasteiger partial charge is 0.0218 e. The van der Waals surface area contributed by atoms with Gasteiger partial charge in [0.1, 0.15) is 0 Å². The SMILES string of the molecule is Cl.Cl.[CH2]C(NC)C(CCCCC)NC. The van der Waals surface area contributed by atoms with E-state index in [9.17, 15) is 0 Å². The summed E-state index contributed by atoms with van der Waals surface area (Å²) in [4.78, 5) is 0. The van der Waals surface area contributed by atoms with Gasteiger partial charge in [0, 0.05) is 12.1 Å². The van der Waals surface area contributed by atoms with Crippen LogP contribution >= 0.6 is 24.8 Å². The molecule has 0 aliphatic heterocycles. The maximum absolute atomic E-state index is 4.03. The summed E-state index contributed by atoms with van der Waals surface area (Å²) in [7, 11) is 3.97. The third kappa shape index (κ3) is 9.07. The molecule has 0 spiro atoms. The first-order valence-electron chi connectivity index (χ1n) is 4.93. The number of hydrogen-bond acceptors (Lipinski definition) is 2. The van der Waals surface area contributed by atoms with Crippen LogP contribution in [-0.2, 0) is 0 Å². The summed E-state index contributed by atoms with van der Waals surface area (Å²) in [6.07, 6.45) is 5.14. The van der Waals surface area contributed by atoms with Crippen molar-refractivity contribution in [3.8, 4) is 0 Å². The topological polar surface area (TPSA) is 24.1 Å². The van der Waals surface area contributed by atoms with Gasteiger partial charge >= 0.3 is 0 Å². The van der Waals surface area contributed by atoms with E-state index in [1.54, 1.807) is 0 Å². The summed E-state index contributed by atoms with van der Waals surface area (Å²) in [5.41, 5.74) is 0. The number of nitrogens with one attached hydrogen (secondary N) is 2. The molecule has 1 radical (unpaired) electrons. The Balaban J connectivity index is -0.000000605. The lowest BCUT2D eigenvalue weighted by Gasteiger charge is -2.22. The molecule has 0 rings (SSSR count). The van der Waals surface area contributed by atoms with E-state index < -0.39 is 0 Å². The van der Waals surface area contributed by atoms with E-state index in [4.69, 9.17) is 0 Å². The van der Waals surface area contributed by atoms with Crippen molar-refractivity contribution in [1.82, 2.24) is 10.6 Å².